The fourth-order valence-electron chi connectivity index (χ4n) is 3.61. The Bertz CT molecular complexity index is 1300. The summed E-state index contributed by atoms with van der Waals surface area (Å²) in [6.07, 6.45) is 3.66. The van der Waals surface area contributed by atoms with E-state index in [4.69, 9.17) is 4.74 Å². The average Bonchev–Trinajstić information content (AvgIpc) is 3.22. The van der Waals surface area contributed by atoms with Gasteiger partial charge >= 0.3 is 0 Å². The van der Waals surface area contributed by atoms with Crippen molar-refractivity contribution in [3.8, 4) is 17.1 Å². The maximum atomic E-state index is 13.2. The number of sulfonamides is 1. The van der Waals surface area contributed by atoms with Crippen molar-refractivity contribution in [2.24, 2.45) is 7.05 Å². The zero-order valence-electron chi connectivity index (χ0n) is 19.6. The Balaban J connectivity index is 2.25. The number of ether oxygens (including phenoxy) is 1. The highest BCUT2D eigenvalue weighted by atomic mass is 32.2. The van der Waals surface area contributed by atoms with Gasteiger partial charge in [-0.1, -0.05) is 13.8 Å². The summed E-state index contributed by atoms with van der Waals surface area (Å²) in [5.74, 6) is 1.25. The van der Waals surface area contributed by atoms with Crippen molar-refractivity contribution < 1.29 is 23.4 Å². The van der Waals surface area contributed by atoms with Gasteiger partial charge in [0.05, 0.1) is 36.5 Å². The second-order valence-electron chi connectivity index (χ2n) is 7.77. The minimum Gasteiger partial charge on any atom is -0.493 e. The number of hydrogen-bond donors (Lipinski definition) is 2. The maximum Gasteiger partial charge on any atom is 0.279 e. The molecule has 0 saturated heterocycles. The molecule has 34 heavy (non-hydrogen) atoms. The number of aliphatic hydroxyl groups is 2. The number of fused-ring (bicyclic) bond motifs is 1. The van der Waals surface area contributed by atoms with Crippen LogP contribution >= 0.6 is 0 Å². The van der Waals surface area contributed by atoms with E-state index in [0.717, 1.165) is 17.1 Å². The van der Waals surface area contributed by atoms with Gasteiger partial charge in [-0.25, -0.2) is 17.9 Å². The van der Waals surface area contributed by atoms with Gasteiger partial charge in [-0.3, -0.25) is 9.36 Å². The summed E-state index contributed by atoms with van der Waals surface area (Å²) in [6, 6.07) is 4.35. The minimum absolute atomic E-state index is 0.0676. The van der Waals surface area contributed by atoms with E-state index in [0.29, 0.717) is 35.7 Å². The molecule has 0 bridgehead atoms. The van der Waals surface area contributed by atoms with Crippen molar-refractivity contribution in [3.05, 3.63) is 40.6 Å². The van der Waals surface area contributed by atoms with Gasteiger partial charge in [0.2, 0.25) is 10.0 Å². The van der Waals surface area contributed by atoms with Crippen LogP contribution in [0.4, 0.5) is 0 Å². The lowest BCUT2D eigenvalue weighted by Crippen LogP contribution is -2.35. The fourth-order valence-corrected chi connectivity index (χ4v) is 5.06. The van der Waals surface area contributed by atoms with Gasteiger partial charge in [-0.15, -0.1) is 5.10 Å². The van der Waals surface area contributed by atoms with Crippen LogP contribution in [0, 0.1) is 0 Å². The molecule has 0 amide bonds. The first-order chi connectivity index (χ1) is 16.3. The van der Waals surface area contributed by atoms with Gasteiger partial charge in [0.1, 0.15) is 11.6 Å². The van der Waals surface area contributed by atoms with Gasteiger partial charge in [-0.05, 0) is 31.0 Å². The summed E-state index contributed by atoms with van der Waals surface area (Å²) in [5.41, 5.74) is 0.337. The number of hydrogen-bond acceptors (Lipinski definition) is 8. The Kier molecular flexibility index (Phi) is 8.42. The molecule has 0 radical (unpaired) electrons. The smallest absolute Gasteiger partial charge is 0.279 e. The third-order valence-corrected chi connectivity index (χ3v) is 7.20. The zero-order valence-corrected chi connectivity index (χ0v) is 20.5. The Labute approximate surface area is 198 Å². The van der Waals surface area contributed by atoms with Crippen molar-refractivity contribution in [1.29, 1.82) is 0 Å². The standard InChI is InChI=1S/C22H31N5O6S/c1-4-6-20-23-15-18-22(30)25(3)21(24-27(18)20)17-14-16(7-8-19(17)33-13-5-2)34(31,32)26(9-11-28)10-12-29/h7-8,14-15,28-29H,4-6,9-13H2,1-3H3. The zero-order chi connectivity index (χ0) is 24.9. The topological polar surface area (TPSA) is 139 Å². The molecule has 12 heteroatoms. The van der Waals surface area contributed by atoms with Crippen LogP contribution in [0.3, 0.4) is 0 Å². The normalized spacial score (nSPS) is 12.1. The van der Waals surface area contributed by atoms with Crippen molar-refractivity contribution in [3.63, 3.8) is 0 Å². The highest BCUT2D eigenvalue weighted by Crippen LogP contribution is 2.32. The predicted octanol–water partition coefficient (Wildman–Crippen LogP) is 0.812. The molecule has 0 spiro atoms. The first-order valence-electron chi connectivity index (χ1n) is 11.2. The van der Waals surface area contributed by atoms with Crippen LogP contribution < -0.4 is 10.3 Å². The molecule has 0 fully saturated rings. The number of aromatic nitrogens is 4. The monoisotopic (exact) mass is 493 g/mol. The van der Waals surface area contributed by atoms with Crippen LogP contribution in [0.25, 0.3) is 16.9 Å². The molecule has 0 aliphatic heterocycles. The van der Waals surface area contributed by atoms with E-state index in [2.05, 4.69) is 10.1 Å². The Morgan fingerprint density at radius 1 is 1.12 bits per heavy atom. The van der Waals surface area contributed by atoms with Crippen LogP contribution in [-0.2, 0) is 23.5 Å². The first kappa shape index (κ1) is 25.8. The lowest BCUT2D eigenvalue weighted by atomic mass is 10.2. The fraction of sp³-hybridized carbons (Fsp3) is 0.500. The summed E-state index contributed by atoms with van der Waals surface area (Å²) in [7, 11) is -2.48. The van der Waals surface area contributed by atoms with Crippen LogP contribution in [0.2, 0.25) is 0 Å². The number of benzene rings is 1. The van der Waals surface area contributed by atoms with E-state index in [-0.39, 0.29) is 29.4 Å². The molecule has 0 unspecified atom stereocenters. The lowest BCUT2D eigenvalue weighted by molar-refractivity contribution is 0.217. The van der Waals surface area contributed by atoms with E-state index < -0.39 is 23.2 Å². The highest BCUT2D eigenvalue weighted by Gasteiger charge is 2.26. The van der Waals surface area contributed by atoms with Crippen molar-refractivity contribution in [1.82, 2.24) is 23.5 Å². The largest absolute Gasteiger partial charge is 0.493 e. The molecule has 3 aromatic rings. The second-order valence-corrected chi connectivity index (χ2v) is 9.70. The Morgan fingerprint density at radius 3 is 2.44 bits per heavy atom. The van der Waals surface area contributed by atoms with E-state index in [1.54, 1.807) is 7.05 Å². The maximum absolute atomic E-state index is 13.2. The van der Waals surface area contributed by atoms with E-state index in [1.165, 1.54) is 33.5 Å². The molecule has 1 aromatic carbocycles. The second kappa shape index (κ2) is 11.1. The molecule has 2 heterocycles. The van der Waals surface area contributed by atoms with Crippen molar-refractivity contribution >= 4 is 15.5 Å². The quantitative estimate of drug-likeness (QED) is 0.378. The summed E-state index contributed by atoms with van der Waals surface area (Å²) in [4.78, 5) is 17.3. The molecule has 2 aromatic heterocycles. The van der Waals surface area contributed by atoms with Crippen molar-refractivity contribution in [2.75, 3.05) is 32.9 Å². The first-order valence-corrected chi connectivity index (χ1v) is 12.7. The van der Waals surface area contributed by atoms with Gasteiger partial charge in [-0.2, -0.15) is 4.31 Å². The van der Waals surface area contributed by atoms with E-state index >= 15 is 0 Å². The molecule has 0 aliphatic carbocycles. The van der Waals surface area contributed by atoms with Gasteiger partial charge in [0, 0.05) is 26.6 Å². The van der Waals surface area contributed by atoms with E-state index in [9.17, 15) is 23.4 Å². The molecule has 0 saturated carbocycles. The number of nitrogens with zero attached hydrogens (tertiary/aromatic N) is 5. The van der Waals surface area contributed by atoms with Crippen LogP contribution in [0.15, 0.2) is 34.1 Å². The van der Waals surface area contributed by atoms with Crippen LogP contribution in [0.1, 0.15) is 32.5 Å². The van der Waals surface area contributed by atoms with Gasteiger partial charge < -0.3 is 14.9 Å². The molecule has 0 atom stereocenters. The summed E-state index contributed by atoms with van der Waals surface area (Å²) in [5, 5.41) is 23.2. The van der Waals surface area contributed by atoms with Crippen LogP contribution in [0.5, 0.6) is 5.75 Å². The average molecular weight is 494 g/mol. The molecular formula is C22H31N5O6S. The number of aliphatic hydroxyl groups excluding tert-OH is 2. The summed E-state index contributed by atoms with van der Waals surface area (Å²) < 4.78 is 36.2. The SMILES string of the molecule is CCCOc1ccc(S(=O)(=O)N(CCO)CCO)cc1-c1nn2c(CCC)ncc2c(=O)n1C. The van der Waals surface area contributed by atoms with Gasteiger partial charge in [0.25, 0.3) is 5.56 Å². The molecule has 0 aliphatic rings. The minimum atomic E-state index is -4.04. The molecular weight excluding hydrogens is 462 g/mol. The highest BCUT2D eigenvalue weighted by molar-refractivity contribution is 7.89. The van der Waals surface area contributed by atoms with E-state index in [1.807, 2.05) is 13.8 Å². The molecule has 186 valence electrons. The third kappa shape index (κ3) is 4.99. The predicted molar refractivity (Wildman–Crippen MR) is 126 cm³/mol. The summed E-state index contributed by atoms with van der Waals surface area (Å²) in [6.45, 7) is 3.23. The Morgan fingerprint density at radius 2 is 1.82 bits per heavy atom. The lowest BCUT2D eigenvalue weighted by Gasteiger charge is -2.21. The number of rotatable bonds is 12. The number of imidazole rings is 1. The summed E-state index contributed by atoms with van der Waals surface area (Å²) >= 11 is 0. The number of aryl methyl sites for hydroxylation is 1. The Hall–Kier alpha value is -2.80. The molecule has 2 N–H and O–H groups in total. The molecule has 3 rings (SSSR count). The van der Waals surface area contributed by atoms with Gasteiger partial charge in [0.15, 0.2) is 11.3 Å². The third-order valence-electron chi connectivity index (χ3n) is 5.31. The van der Waals surface area contributed by atoms with Crippen molar-refractivity contribution in [2.45, 2.75) is 38.0 Å². The van der Waals surface area contributed by atoms with Crippen LogP contribution in [-0.4, -0.2) is 75.0 Å². The molecule has 11 nitrogen and oxygen atoms in total.